The molecule has 0 aromatic heterocycles. The number of rotatable bonds is 4. The number of hydrogen-bond donors (Lipinski definition) is 1. The first-order valence-corrected chi connectivity index (χ1v) is 6.73. The van der Waals surface area contributed by atoms with E-state index in [1.807, 2.05) is 42.5 Å². The van der Waals surface area contributed by atoms with Gasteiger partial charge in [0.25, 0.3) is 0 Å². The van der Waals surface area contributed by atoms with Gasteiger partial charge in [-0.3, -0.25) is 4.79 Å². The van der Waals surface area contributed by atoms with Crippen molar-refractivity contribution in [2.24, 2.45) is 0 Å². The zero-order chi connectivity index (χ0) is 14.7. The molecule has 0 unspecified atom stereocenters. The number of anilines is 1. The molecule has 0 amide bonds. The molecular formula is C18H15NO2. The molecule has 3 rings (SSSR count). The number of ether oxygens (including phenoxy) is 1. The molecule has 3 nitrogen and oxygen atoms in total. The van der Waals surface area contributed by atoms with Crippen LogP contribution in [0, 0.1) is 0 Å². The highest BCUT2D eigenvalue weighted by molar-refractivity contribution is 6.08. The Hall–Kier alpha value is -2.81. The van der Waals surface area contributed by atoms with Gasteiger partial charge in [-0.05, 0) is 35.0 Å². The Labute approximate surface area is 123 Å². The number of ketones is 1. The molecule has 3 heteroatoms. The lowest BCUT2D eigenvalue weighted by molar-refractivity contribution is 0.0923. The molecule has 0 saturated heterocycles. The quantitative estimate of drug-likeness (QED) is 0.584. The van der Waals surface area contributed by atoms with Crippen LogP contribution in [0.2, 0.25) is 0 Å². The Morgan fingerprint density at radius 2 is 1.62 bits per heavy atom. The van der Waals surface area contributed by atoms with Gasteiger partial charge in [-0.2, -0.15) is 0 Å². The molecule has 0 spiro atoms. The van der Waals surface area contributed by atoms with E-state index in [0.29, 0.717) is 17.0 Å². The molecular weight excluding hydrogens is 262 g/mol. The number of fused-ring (bicyclic) bond motifs is 1. The molecule has 21 heavy (non-hydrogen) atoms. The van der Waals surface area contributed by atoms with Crippen molar-refractivity contribution in [1.82, 2.24) is 0 Å². The maximum absolute atomic E-state index is 12.3. The summed E-state index contributed by atoms with van der Waals surface area (Å²) in [5, 5.41) is 2.00. The van der Waals surface area contributed by atoms with Crippen LogP contribution in [0.5, 0.6) is 5.75 Å². The van der Waals surface area contributed by atoms with E-state index >= 15 is 0 Å². The molecule has 2 N–H and O–H groups in total. The predicted molar refractivity (Wildman–Crippen MR) is 84.6 cm³/mol. The van der Waals surface area contributed by atoms with Crippen molar-refractivity contribution in [3.8, 4) is 5.75 Å². The summed E-state index contributed by atoms with van der Waals surface area (Å²) in [4.78, 5) is 12.3. The molecule has 0 bridgehead atoms. The molecule has 0 radical (unpaired) electrons. The van der Waals surface area contributed by atoms with E-state index in [-0.39, 0.29) is 12.4 Å². The Kier molecular flexibility index (Phi) is 3.56. The molecule has 0 aliphatic heterocycles. The molecule has 0 fully saturated rings. The van der Waals surface area contributed by atoms with Crippen LogP contribution in [0.3, 0.4) is 0 Å². The van der Waals surface area contributed by atoms with Crippen molar-refractivity contribution in [1.29, 1.82) is 0 Å². The van der Waals surface area contributed by atoms with Crippen LogP contribution in [-0.2, 0) is 0 Å². The summed E-state index contributed by atoms with van der Waals surface area (Å²) in [7, 11) is 0. The summed E-state index contributed by atoms with van der Waals surface area (Å²) in [5.74, 6) is 0.599. The minimum absolute atomic E-state index is 0.0118. The number of benzene rings is 3. The first kappa shape index (κ1) is 13.2. The summed E-state index contributed by atoms with van der Waals surface area (Å²) in [5.41, 5.74) is 6.97. The number of carbonyl (C=O) groups excluding carboxylic acids is 1. The summed E-state index contributed by atoms with van der Waals surface area (Å²) in [6.07, 6.45) is 0. The van der Waals surface area contributed by atoms with Crippen molar-refractivity contribution in [3.05, 3.63) is 72.3 Å². The van der Waals surface area contributed by atoms with Gasteiger partial charge in [0, 0.05) is 11.3 Å². The number of nitrogen functional groups attached to an aromatic ring is 1. The Bertz CT molecular complexity index is 773. The van der Waals surface area contributed by atoms with Crippen LogP contribution in [-0.4, -0.2) is 12.4 Å². The van der Waals surface area contributed by atoms with E-state index in [0.717, 1.165) is 10.8 Å². The molecule has 0 aliphatic carbocycles. The van der Waals surface area contributed by atoms with E-state index < -0.39 is 0 Å². The molecule has 0 heterocycles. The molecule has 0 aliphatic rings. The molecule has 3 aromatic carbocycles. The lowest BCUT2D eigenvalue weighted by Gasteiger charge is -2.08. The van der Waals surface area contributed by atoms with E-state index in [1.54, 1.807) is 24.3 Å². The maximum Gasteiger partial charge on any atom is 0.200 e. The van der Waals surface area contributed by atoms with Gasteiger partial charge >= 0.3 is 0 Å². The fourth-order valence-electron chi connectivity index (χ4n) is 2.26. The van der Waals surface area contributed by atoms with Crippen molar-refractivity contribution in [2.75, 3.05) is 12.3 Å². The fourth-order valence-corrected chi connectivity index (χ4v) is 2.26. The summed E-state index contributed by atoms with van der Waals surface area (Å²) < 4.78 is 5.52. The molecule has 104 valence electrons. The van der Waals surface area contributed by atoms with E-state index in [4.69, 9.17) is 10.5 Å². The van der Waals surface area contributed by atoms with Gasteiger partial charge in [-0.15, -0.1) is 0 Å². The van der Waals surface area contributed by atoms with Gasteiger partial charge < -0.3 is 10.5 Å². The van der Waals surface area contributed by atoms with Crippen LogP contribution in [0.15, 0.2) is 66.7 Å². The Balaban J connectivity index is 1.79. The summed E-state index contributed by atoms with van der Waals surface area (Å²) >= 11 is 0. The summed E-state index contributed by atoms with van der Waals surface area (Å²) in [6.45, 7) is 0.0118. The van der Waals surface area contributed by atoms with Gasteiger partial charge in [0.05, 0.1) is 0 Å². The summed E-state index contributed by atoms with van der Waals surface area (Å²) in [6, 6.07) is 20.6. The highest BCUT2D eigenvalue weighted by atomic mass is 16.5. The molecule has 3 aromatic rings. The zero-order valence-corrected chi connectivity index (χ0v) is 11.5. The monoisotopic (exact) mass is 277 g/mol. The maximum atomic E-state index is 12.3. The number of hydrogen-bond acceptors (Lipinski definition) is 3. The highest BCUT2D eigenvalue weighted by Gasteiger charge is 2.10. The lowest BCUT2D eigenvalue weighted by atomic mass is 10.0. The lowest BCUT2D eigenvalue weighted by Crippen LogP contribution is -2.12. The highest BCUT2D eigenvalue weighted by Crippen LogP contribution is 2.20. The molecule has 0 atom stereocenters. The predicted octanol–water partition coefficient (Wildman–Crippen LogP) is 3.68. The second kappa shape index (κ2) is 5.67. The van der Waals surface area contributed by atoms with Gasteiger partial charge in [0.15, 0.2) is 6.61 Å². The van der Waals surface area contributed by atoms with Crippen LogP contribution in [0.25, 0.3) is 10.8 Å². The van der Waals surface area contributed by atoms with Gasteiger partial charge in [0.1, 0.15) is 5.75 Å². The zero-order valence-electron chi connectivity index (χ0n) is 11.5. The van der Waals surface area contributed by atoms with Crippen molar-refractivity contribution in [3.63, 3.8) is 0 Å². The first-order valence-electron chi connectivity index (χ1n) is 6.73. The topological polar surface area (TPSA) is 52.3 Å². The first-order chi connectivity index (χ1) is 10.2. The Morgan fingerprint density at radius 3 is 2.43 bits per heavy atom. The third kappa shape index (κ3) is 2.87. The fraction of sp³-hybridized carbons (Fsp3) is 0.0556. The standard InChI is InChI=1S/C18H15NO2/c19-14-8-10-15(11-9-14)21-12-18(20)17-7-3-5-13-4-1-2-6-16(13)17/h1-11H,12,19H2. The SMILES string of the molecule is Nc1ccc(OCC(=O)c2cccc3ccccc23)cc1. The van der Waals surface area contributed by atoms with E-state index in [1.165, 1.54) is 0 Å². The number of carbonyl (C=O) groups is 1. The molecule has 0 saturated carbocycles. The normalized spacial score (nSPS) is 10.5. The van der Waals surface area contributed by atoms with Crippen LogP contribution >= 0.6 is 0 Å². The van der Waals surface area contributed by atoms with Crippen molar-refractivity contribution < 1.29 is 9.53 Å². The van der Waals surface area contributed by atoms with Crippen LogP contribution < -0.4 is 10.5 Å². The van der Waals surface area contributed by atoms with Crippen LogP contribution in [0.4, 0.5) is 5.69 Å². The van der Waals surface area contributed by atoms with E-state index in [2.05, 4.69) is 0 Å². The largest absolute Gasteiger partial charge is 0.485 e. The average Bonchev–Trinajstić information content (AvgIpc) is 2.53. The van der Waals surface area contributed by atoms with Crippen molar-refractivity contribution >= 4 is 22.2 Å². The number of nitrogens with two attached hydrogens (primary N) is 1. The minimum atomic E-state index is -0.0383. The van der Waals surface area contributed by atoms with Crippen molar-refractivity contribution in [2.45, 2.75) is 0 Å². The van der Waals surface area contributed by atoms with E-state index in [9.17, 15) is 4.79 Å². The minimum Gasteiger partial charge on any atom is -0.485 e. The second-order valence-electron chi connectivity index (χ2n) is 4.81. The van der Waals surface area contributed by atoms with Gasteiger partial charge in [0.2, 0.25) is 5.78 Å². The third-order valence-corrected chi connectivity index (χ3v) is 3.34. The third-order valence-electron chi connectivity index (χ3n) is 3.34. The number of Topliss-reactive ketones (excluding diaryl/α,β-unsaturated/α-hetero) is 1. The Morgan fingerprint density at radius 1 is 0.905 bits per heavy atom. The van der Waals surface area contributed by atoms with Gasteiger partial charge in [-0.1, -0.05) is 42.5 Å². The van der Waals surface area contributed by atoms with Crippen LogP contribution in [0.1, 0.15) is 10.4 Å². The smallest absolute Gasteiger partial charge is 0.200 e. The van der Waals surface area contributed by atoms with Gasteiger partial charge in [-0.25, -0.2) is 0 Å². The second-order valence-corrected chi connectivity index (χ2v) is 4.81. The average molecular weight is 277 g/mol.